The number of hydrogen-bond donors (Lipinski definition) is 2. The summed E-state index contributed by atoms with van der Waals surface area (Å²) in [6.07, 6.45) is 6.07. The highest BCUT2D eigenvalue weighted by molar-refractivity contribution is 9.10. The van der Waals surface area contributed by atoms with Gasteiger partial charge in [-0.05, 0) is 78.3 Å². The van der Waals surface area contributed by atoms with Gasteiger partial charge in [0.1, 0.15) is 11.3 Å². The number of piperidine rings is 2. The van der Waals surface area contributed by atoms with Crippen LogP contribution in [0.5, 0.6) is 5.75 Å². The lowest BCUT2D eigenvalue weighted by Gasteiger charge is -2.42. The molecule has 32 heavy (non-hydrogen) atoms. The quantitative estimate of drug-likeness (QED) is 0.658. The summed E-state index contributed by atoms with van der Waals surface area (Å²) < 4.78 is 6.27. The van der Waals surface area contributed by atoms with Gasteiger partial charge < -0.3 is 20.3 Å². The summed E-state index contributed by atoms with van der Waals surface area (Å²) in [7, 11) is 1.70. The summed E-state index contributed by atoms with van der Waals surface area (Å²) in [5, 5.41) is 6.39. The highest BCUT2D eigenvalue weighted by Gasteiger charge is 2.44. The molecule has 0 saturated carbocycles. The molecule has 0 aliphatic carbocycles. The molecule has 0 atom stereocenters. The minimum absolute atomic E-state index is 0.0220. The van der Waals surface area contributed by atoms with E-state index in [1.54, 1.807) is 19.4 Å². The molecule has 0 radical (unpaired) electrons. The normalized spacial score (nSPS) is 18.8. The van der Waals surface area contributed by atoms with E-state index >= 15 is 0 Å². The lowest BCUT2D eigenvalue weighted by molar-refractivity contribution is -0.140. The first-order chi connectivity index (χ1) is 15.5. The summed E-state index contributed by atoms with van der Waals surface area (Å²) in [6.45, 7) is 2.73. The van der Waals surface area contributed by atoms with E-state index in [-0.39, 0.29) is 11.8 Å². The zero-order valence-corrected chi connectivity index (χ0v) is 19.9. The van der Waals surface area contributed by atoms with E-state index in [0.717, 1.165) is 23.1 Å². The molecule has 2 amide bonds. The number of aromatic nitrogens is 1. The summed E-state index contributed by atoms with van der Waals surface area (Å²) >= 11 is 3.36. The van der Waals surface area contributed by atoms with Crippen LogP contribution in [0.25, 0.3) is 0 Å². The maximum Gasteiger partial charge on any atom is 0.253 e. The average Bonchev–Trinajstić information content (AvgIpc) is 2.84. The Morgan fingerprint density at radius 3 is 2.59 bits per heavy atom. The SMILES string of the molecule is COc1ccccc1C1CCN(C(=O)C2(NC(=O)c3cncc(Br)c3)CCNCC2)CC1. The van der Waals surface area contributed by atoms with Gasteiger partial charge in [0.05, 0.1) is 12.7 Å². The predicted octanol–water partition coefficient (Wildman–Crippen LogP) is 3.11. The van der Waals surface area contributed by atoms with Crippen molar-refractivity contribution >= 4 is 27.7 Å². The molecule has 0 bridgehead atoms. The van der Waals surface area contributed by atoms with Crippen LogP contribution < -0.4 is 15.4 Å². The van der Waals surface area contributed by atoms with E-state index in [1.807, 2.05) is 23.1 Å². The van der Waals surface area contributed by atoms with Crippen LogP contribution in [0, 0.1) is 0 Å². The van der Waals surface area contributed by atoms with Crippen molar-refractivity contribution < 1.29 is 14.3 Å². The van der Waals surface area contributed by atoms with Crippen molar-refractivity contribution in [1.29, 1.82) is 0 Å². The number of benzene rings is 1. The largest absolute Gasteiger partial charge is 0.496 e. The van der Waals surface area contributed by atoms with Gasteiger partial charge in [0.15, 0.2) is 0 Å². The van der Waals surface area contributed by atoms with Crippen molar-refractivity contribution in [1.82, 2.24) is 20.5 Å². The summed E-state index contributed by atoms with van der Waals surface area (Å²) in [4.78, 5) is 32.7. The molecule has 1 aromatic carbocycles. The van der Waals surface area contributed by atoms with E-state index in [2.05, 4.69) is 37.6 Å². The van der Waals surface area contributed by atoms with E-state index < -0.39 is 5.54 Å². The second-order valence-corrected chi connectivity index (χ2v) is 9.40. The zero-order valence-electron chi connectivity index (χ0n) is 18.3. The number of nitrogens with one attached hydrogen (secondary N) is 2. The number of amides is 2. The highest BCUT2D eigenvalue weighted by atomic mass is 79.9. The van der Waals surface area contributed by atoms with Crippen molar-refractivity contribution in [2.75, 3.05) is 33.3 Å². The molecule has 3 heterocycles. The molecule has 8 heteroatoms. The van der Waals surface area contributed by atoms with Crippen molar-refractivity contribution in [2.24, 2.45) is 0 Å². The summed E-state index contributed by atoms with van der Waals surface area (Å²) in [5.41, 5.74) is 0.760. The number of likely N-dealkylation sites (tertiary alicyclic amines) is 1. The van der Waals surface area contributed by atoms with Gasteiger partial charge in [0, 0.05) is 30.0 Å². The average molecular weight is 501 g/mol. The van der Waals surface area contributed by atoms with E-state index in [4.69, 9.17) is 4.74 Å². The molecular formula is C24H29BrN4O3. The van der Waals surface area contributed by atoms with E-state index in [1.165, 1.54) is 11.8 Å². The monoisotopic (exact) mass is 500 g/mol. The molecule has 2 N–H and O–H groups in total. The first-order valence-corrected chi connectivity index (χ1v) is 11.9. The lowest BCUT2D eigenvalue weighted by atomic mass is 9.84. The number of ether oxygens (including phenoxy) is 1. The minimum atomic E-state index is -0.887. The van der Waals surface area contributed by atoms with Gasteiger partial charge in [-0.1, -0.05) is 18.2 Å². The van der Waals surface area contributed by atoms with Crippen molar-refractivity contribution in [3.05, 3.63) is 58.3 Å². The lowest BCUT2D eigenvalue weighted by Crippen LogP contribution is -2.64. The van der Waals surface area contributed by atoms with Gasteiger partial charge in [-0.2, -0.15) is 0 Å². The summed E-state index contributed by atoms with van der Waals surface area (Å²) in [5.74, 6) is 1.02. The van der Waals surface area contributed by atoms with Gasteiger partial charge >= 0.3 is 0 Å². The Hall–Kier alpha value is -2.45. The van der Waals surface area contributed by atoms with Crippen LogP contribution in [0.3, 0.4) is 0 Å². The molecule has 2 aliphatic heterocycles. The number of pyridine rings is 1. The second kappa shape index (κ2) is 10.0. The number of rotatable bonds is 5. The maximum atomic E-state index is 13.7. The molecular weight excluding hydrogens is 472 g/mol. The first kappa shape index (κ1) is 22.7. The van der Waals surface area contributed by atoms with Crippen molar-refractivity contribution in [3.8, 4) is 5.75 Å². The van der Waals surface area contributed by atoms with Crippen LogP contribution >= 0.6 is 15.9 Å². The van der Waals surface area contributed by atoms with Crippen molar-refractivity contribution in [3.63, 3.8) is 0 Å². The fraction of sp³-hybridized carbons (Fsp3) is 0.458. The van der Waals surface area contributed by atoms with Crippen LogP contribution in [0.4, 0.5) is 0 Å². The Labute approximate surface area is 197 Å². The Bertz CT molecular complexity index is 969. The van der Waals surface area contributed by atoms with Crippen LogP contribution in [-0.2, 0) is 4.79 Å². The van der Waals surface area contributed by atoms with E-state index in [0.29, 0.717) is 50.5 Å². The van der Waals surface area contributed by atoms with Gasteiger partial charge in [0.25, 0.3) is 5.91 Å². The molecule has 2 aliphatic rings. The standard InChI is InChI=1S/C24H29BrN4O3/c1-32-21-5-3-2-4-20(21)17-6-12-29(13-7-17)23(31)24(8-10-26-11-9-24)28-22(30)18-14-19(25)16-27-15-18/h2-5,14-17,26H,6-13H2,1H3,(H,28,30). The molecule has 4 rings (SSSR count). The van der Waals surface area contributed by atoms with Gasteiger partial charge in [-0.25, -0.2) is 0 Å². The third-order valence-corrected chi connectivity index (χ3v) is 6.98. The third-order valence-electron chi connectivity index (χ3n) is 6.55. The van der Waals surface area contributed by atoms with Gasteiger partial charge in [0.2, 0.25) is 5.91 Å². The third kappa shape index (κ3) is 4.81. The van der Waals surface area contributed by atoms with Crippen LogP contribution in [-0.4, -0.2) is 60.5 Å². The molecule has 2 saturated heterocycles. The molecule has 7 nitrogen and oxygen atoms in total. The Kier molecular flexibility index (Phi) is 7.10. The number of carbonyl (C=O) groups is 2. The molecule has 1 aromatic heterocycles. The van der Waals surface area contributed by atoms with E-state index in [9.17, 15) is 9.59 Å². The van der Waals surface area contributed by atoms with Gasteiger partial charge in [-0.15, -0.1) is 0 Å². The maximum absolute atomic E-state index is 13.7. The zero-order chi connectivity index (χ0) is 22.6. The minimum Gasteiger partial charge on any atom is -0.496 e. The number of halogens is 1. The van der Waals surface area contributed by atoms with Crippen LogP contribution in [0.2, 0.25) is 0 Å². The Morgan fingerprint density at radius 2 is 1.91 bits per heavy atom. The number of para-hydroxylation sites is 1. The van der Waals surface area contributed by atoms with Crippen molar-refractivity contribution in [2.45, 2.75) is 37.1 Å². The predicted molar refractivity (Wildman–Crippen MR) is 126 cm³/mol. The summed E-state index contributed by atoms with van der Waals surface area (Å²) in [6, 6.07) is 9.84. The highest BCUT2D eigenvalue weighted by Crippen LogP contribution is 2.35. The van der Waals surface area contributed by atoms with Gasteiger partial charge in [-0.3, -0.25) is 14.6 Å². The molecule has 0 spiro atoms. The fourth-order valence-electron chi connectivity index (χ4n) is 4.77. The number of hydrogen-bond acceptors (Lipinski definition) is 5. The first-order valence-electron chi connectivity index (χ1n) is 11.1. The number of nitrogens with zero attached hydrogens (tertiary/aromatic N) is 2. The van der Waals surface area contributed by atoms with Crippen LogP contribution in [0.15, 0.2) is 47.2 Å². The molecule has 0 unspecified atom stereocenters. The number of methoxy groups -OCH3 is 1. The fourth-order valence-corrected chi connectivity index (χ4v) is 5.14. The number of carbonyl (C=O) groups excluding carboxylic acids is 2. The molecule has 2 aromatic rings. The molecule has 170 valence electrons. The Morgan fingerprint density at radius 1 is 1.19 bits per heavy atom. The Balaban J connectivity index is 1.47. The van der Waals surface area contributed by atoms with Crippen LogP contribution in [0.1, 0.15) is 47.5 Å². The topological polar surface area (TPSA) is 83.6 Å². The smallest absolute Gasteiger partial charge is 0.253 e. The second-order valence-electron chi connectivity index (χ2n) is 8.49. The molecule has 2 fully saturated rings.